The molecule has 0 aliphatic carbocycles. The van der Waals surface area contributed by atoms with Crippen molar-refractivity contribution in [2.24, 2.45) is 0 Å². The van der Waals surface area contributed by atoms with Crippen molar-refractivity contribution in [3.05, 3.63) is 34.9 Å². The highest BCUT2D eigenvalue weighted by atomic mass is 35.5. The number of ether oxygens (including phenoxy) is 3. The third-order valence-corrected chi connectivity index (χ3v) is 2.91. The monoisotopic (exact) mass is 284 g/mol. The molecule has 5 nitrogen and oxygen atoms in total. The van der Waals surface area contributed by atoms with Crippen LogP contribution in [0.1, 0.15) is 18.6 Å². The smallest absolute Gasteiger partial charge is 0.336 e. The number of carbonyl (C=O) groups excluding carboxylic acids is 1. The summed E-state index contributed by atoms with van der Waals surface area (Å²) in [6, 6.07) is 3.06. The van der Waals surface area contributed by atoms with Gasteiger partial charge in [0.05, 0.1) is 17.2 Å². The van der Waals surface area contributed by atoms with Crippen LogP contribution in [0.4, 0.5) is 0 Å². The standard InChI is InChI=1S/C13H13ClO5/c1-3-17-13(16)7(2)11(15)8-4-9(14)12-10(5-8)18-6-19-12/h4-5,11,15H,2-3,6H2,1H3. The lowest BCUT2D eigenvalue weighted by atomic mass is 10.0. The first-order chi connectivity index (χ1) is 9.04. The van der Waals surface area contributed by atoms with Gasteiger partial charge in [-0.2, -0.15) is 0 Å². The van der Waals surface area contributed by atoms with E-state index < -0.39 is 12.1 Å². The van der Waals surface area contributed by atoms with Crippen LogP contribution in [0.2, 0.25) is 5.02 Å². The van der Waals surface area contributed by atoms with Crippen LogP contribution in [0, 0.1) is 0 Å². The number of carbonyl (C=O) groups is 1. The Morgan fingerprint density at radius 1 is 1.58 bits per heavy atom. The summed E-state index contributed by atoms with van der Waals surface area (Å²) in [5.41, 5.74) is 0.337. The van der Waals surface area contributed by atoms with Crippen LogP contribution >= 0.6 is 11.6 Å². The topological polar surface area (TPSA) is 65.0 Å². The van der Waals surface area contributed by atoms with E-state index in [0.717, 1.165) is 0 Å². The van der Waals surface area contributed by atoms with Gasteiger partial charge in [0.15, 0.2) is 11.5 Å². The number of hydrogen-bond donors (Lipinski definition) is 1. The molecule has 0 saturated carbocycles. The molecule has 0 spiro atoms. The quantitative estimate of drug-likeness (QED) is 0.678. The lowest BCUT2D eigenvalue weighted by Gasteiger charge is -2.14. The largest absolute Gasteiger partial charge is 0.463 e. The van der Waals surface area contributed by atoms with Crippen molar-refractivity contribution >= 4 is 17.6 Å². The molecule has 0 amide bonds. The summed E-state index contributed by atoms with van der Waals surface area (Å²) in [5.74, 6) is 0.210. The lowest BCUT2D eigenvalue weighted by Crippen LogP contribution is -2.13. The average Bonchev–Trinajstić information content (AvgIpc) is 2.86. The van der Waals surface area contributed by atoms with Gasteiger partial charge in [-0.3, -0.25) is 0 Å². The van der Waals surface area contributed by atoms with Crippen molar-refractivity contribution in [2.45, 2.75) is 13.0 Å². The molecule has 0 fully saturated rings. The van der Waals surface area contributed by atoms with Crippen molar-refractivity contribution in [3.8, 4) is 11.5 Å². The minimum absolute atomic E-state index is 0.0585. The molecule has 1 aliphatic rings. The summed E-state index contributed by atoms with van der Waals surface area (Å²) in [6.45, 7) is 5.50. The fourth-order valence-corrected chi connectivity index (χ4v) is 1.96. The Labute approximate surface area is 115 Å². The third-order valence-electron chi connectivity index (χ3n) is 2.63. The van der Waals surface area contributed by atoms with Crippen molar-refractivity contribution in [1.82, 2.24) is 0 Å². The van der Waals surface area contributed by atoms with Crippen molar-refractivity contribution in [1.29, 1.82) is 0 Å². The summed E-state index contributed by atoms with van der Waals surface area (Å²) in [7, 11) is 0. The van der Waals surface area contributed by atoms with Gasteiger partial charge in [0, 0.05) is 0 Å². The van der Waals surface area contributed by atoms with Gasteiger partial charge < -0.3 is 19.3 Å². The molecule has 0 bridgehead atoms. The maximum atomic E-state index is 11.5. The van der Waals surface area contributed by atoms with Crippen LogP contribution in [0.3, 0.4) is 0 Å². The molecule has 1 atom stereocenters. The Morgan fingerprint density at radius 2 is 2.32 bits per heavy atom. The lowest BCUT2D eigenvalue weighted by molar-refractivity contribution is -0.139. The maximum absolute atomic E-state index is 11.5. The number of benzene rings is 1. The predicted molar refractivity (Wildman–Crippen MR) is 68.3 cm³/mol. The van der Waals surface area contributed by atoms with E-state index in [0.29, 0.717) is 22.1 Å². The van der Waals surface area contributed by atoms with E-state index in [1.807, 2.05) is 0 Å². The Hall–Kier alpha value is -1.72. The van der Waals surface area contributed by atoms with E-state index >= 15 is 0 Å². The Balaban J connectivity index is 2.25. The second kappa shape index (κ2) is 5.50. The maximum Gasteiger partial charge on any atom is 0.336 e. The van der Waals surface area contributed by atoms with Crippen LogP contribution in [0.25, 0.3) is 0 Å². The molecule has 6 heteroatoms. The highest BCUT2D eigenvalue weighted by Crippen LogP contribution is 2.41. The van der Waals surface area contributed by atoms with Gasteiger partial charge in [-0.1, -0.05) is 18.2 Å². The zero-order valence-electron chi connectivity index (χ0n) is 10.3. The number of halogens is 1. The van der Waals surface area contributed by atoms with E-state index in [1.165, 1.54) is 6.07 Å². The van der Waals surface area contributed by atoms with Gasteiger partial charge >= 0.3 is 5.97 Å². The average molecular weight is 285 g/mol. The fraction of sp³-hybridized carbons (Fsp3) is 0.308. The summed E-state index contributed by atoms with van der Waals surface area (Å²) in [6.07, 6.45) is -1.20. The SMILES string of the molecule is C=C(C(=O)OCC)C(O)c1cc(Cl)c2c(c1)OCO2. The van der Waals surface area contributed by atoms with Crippen LogP contribution in [0.5, 0.6) is 11.5 Å². The molecule has 1 N–H and O–H groups in total. The number of aliphatic hydroxyl groups is 1. The molecule has 2 rings (SSSR count). The highest BCUT2D eigenvalue weighted by molar-refractivity contribution is 6.32. The Bertz CT molecular complexity index is 526. The molecule has 19 heavy (non-hydrogen) atoms. The molecule has 1 aliphatic heterocycles. The number of esters is 1. The fourth-order valence-electron chi connectivity index (χ4n) is 1.68. The summed E-state index contributed by atoms with van der Waals surface area (Å²) in [5, 5.41) is 10.4. The third kappa shape index (κ3) is 2.67. The first kappa shape index (κ1) is 13.7. The Morgan fingerprint density at radius 3 is 3.00 bits per heavy atom. The molecule has 0 saturated heterocycles. The zero-order chi connectivity index (χ0) is 14.0. The van der Waals surface area contributed by atoms with Gasteiger partial charge in [-0.15, -0.1) is 0 Å². The van der Waals surface area contributed by atoms with E-state index in [1.54, 1.807) is 13.0 Å². The van der Waals surface area contributed by atoms with E-state index in [-0.39, 0.29) is 19.0 Å². The first-order valence-corrected chi connectivity index (χ1v) is 6.05. The minimum atomic E-state index is -1.20. The second-order valence-corrected chi connectivity index (χ2v) is 4.29. The molecule has 1 aromatic carbocycles. The minimum Gasteiger partial charge on any atom is -0.463 e. The predicted octanol–water partition coefficient (Wildman–Crippen LogP) is 2.22. The first-order valence-electron chi connectivity index (χ1n) is 5.67. The molecule has 0 aromatic heterocycles. The van der Waals surface area contributed by atoms with Gasteiger partial charge in [0.2, 0.25) is 6.79 Å². The van der Waals surface area contributed by atoms with Crippen LogP contribution in [-0.4, -0.2) is 24.5 Å². The van der Waals surface area contributed by atoms with Crippen molar-refractivity contribution < 1.29 is 24.1 Å². The number of rotatable bonds is 4. The highest BCUT2D eigenvalue weighted by Gasteiger charge is 2.24. The molecular formula is C13H13ClO5. The number of fused-ring (bicyclic) bond motifs is 1. The van der Waals surface area contributed by atoms with Crippen LogP contribution in [-0.2, 0) is 9.53 Å². The summed E-state index contributed by atoms with van der Waals surface area (Å²) in [4.78, 5) is 11.5. The van der Waals surface area contributed by atoms with Gasteiger partial charge in [0.1, 0.15) is 6.10 Å². The summed E-state index contributed by atoms with van der Waals surface area (Å²) >= 11 is 6.00. The van der Waals surface area contributed by atoms with Gasteiger partial charge in [0.25, 0.3) is 0 Å². The number of aliphatic hydroxyl groups excluding tert-OH is 1. The van der Waals surface area contributed by atoms with Crippen LogP contribution < -0.4 is 9.47 Å². The molecule has 0 radical (unpaired) electrons. The summed E-state index contributed by atoms with van der Waals surface area (Å²) < 4.78 is 15.1. The van der Waals surface area contributed by atoms with Crippen molar-refractivity contribution in [2.75, 3.05) is 13.4 Å². The molecular weight excluding hydrogens is 272 g/mol. The molecule has 102 valence electrons. The van der Waals surface area contributed by atoms with Crippen LogP contribution in [0.15, 0.2) is 24.3 Å². The molecule has 1 unspecified atom stereocenters. The molecule has 1 heterocycles. The van der Waals surface area contributed by atoms with Crippen molar-refractivity contribution in [3.63, 3.8) is 0 Å². The second-order valence-electron chi connectivity index (χ2n) is 3.88. The zero-order valence-corrected chi connectivity index (χ0v) is 11.1. The normalized spacial score (nSPS) is 14.1. The Kier molecular flexibility index (Phi) is 3.97. The number of hydrogen-bond acceptors (Lipinski definition) is 5. The molecule has 1 aromatic rings. The van der Waals surface area contributed by atoms with E-state index in [4.69, 9.17) is 25.8 Å². The van der Waals surface area contributed by atoms with Gasteiger partial charge in [-0.05, 0) is 24.6 Å². The van der Waals surface area contributed by atoms with E-state index in [2.05, 4.69) is 6.58 Å². The van der Waals surface area contributed by atoms with E-state index in [9.17, 15) is 9.90 Å². The van der Waals surface area contributed by atoms with Gasteiger partial charge in [-0.25, -0.2) is 4.79 Å².